The Kier molecular flexibility index (Phi) is 1.77. The zero-order valence-electron chi connectivity index (χ0n) is 7.51. The Morgan fingerprint density at radius 2 is 2.15 bits per heavy atom. The van der Waals surface area contributed by atoms with Crippen molar-refractivity contribution in [1.82, 2.24) is 0 Å². The maximum Gasteiger partial charge on any atom is 0.131 e. The van der Waals surface area contributed by atoms with Gasteiger partial charge in [-0.3, -0.25) is 0 Å². The first-order valence-electron chi connectivity index (χ1n) is 4.29. The maximum absolute atomic E-state index is 13.4. The van der Waals surface area contributed by atoms with E-state index >= 15 is 0 Å². The first-order valence-corrected chi connectivity index (χ1v) is 4.29. The molecule has 1 fully saturated rings. The van der Waals surface area contributed by atoms with Gasteiger partial charge in [0.2, 0.25) is 0 Å². The Hall–Kier alpha value is -1.09. The van der Waals surface area contributed by atoms with Crippen LogP contribution in [0.3, 0.4) is 0 Å². The van der Waals surface area contributed by atoms with E-state index in [-0.39, 0.29) is 5.82 Å². The number of benzene rings is 1. The summed E-state index contributed by atoms with van der Waals surface area (Å²) in [7, 11) is 1.52. The largest absolute Gasteiger partial charge is 0.497 e. The van der Waals surface area contributed by atoms with Crippen LogP contribution in [0.2, 0.25) is 0 Å². The predicted octanol–water partition coefficient (Wildman–Crippen LogP) is 1.78. The summed E-state index contributed by atoms with van der Waals surface area (Å²) < 4.78 is 18.3. The summed E-state index contributed by atoms with van der Waals surface area (Å²) in [6, 6.07) is 4.83. The smallest absolute Gasteiger partial charge is 0.131 e. The van der Waals surface area contributed by atoms with E-state index in [1.165, 1.54) is 13.2 Å². The number of halogens is 1. The minimum atomic E-state index is -0.406. The van der Waals surface area contributed by atoms with Gasteiger partial charge in [-0.25, -0.2) is 4.39 Å². The lowest BCUT2D eigenvalue weighted by Gasteiger charge is -2.10. The van der Waals surface area contributed by atoms with Crippen LogP contribution in [0.5, 0.6) is 5.75 Å². The molecule has 0 amide bonds. The Labute approximate surface area is 76.5 Å². The molecule has 0 atom stereocenters. The standard InChI is InChI=1S/C10H12FNO/c1-13-7-2-3-8(9(11)6-7)10(12)4-5-10/h2-3,6H,4-5,12H2,1H3. The van der Waals surface area contributed by atoms with Crippen LogP contribution in [-0.4, -0.2) is 7.11 Å². The molecular formula is C10H12FNO. The first kappa shape index (κ1) is 8.51. The second-order valence-corrected chi connectivity index (χ2v) is 3.50. The second-order valence-electron chi connectivity index (χ2n) is 3.50. The van der Waals surface area contributed by atoms with Crippen molar-refractivity contribution in [3.05, 3.63) is 29.6 Å². The third kappa shape index (κ3) is 1.40. The first-order chi connectivity index (χ1) is 6.15. The van der Waals surface area contributed by atoms with Crippen molar-refractivity contribution in [2.75, 3.05) is 7.11 Å². The van der Waals surface area contributed by atoms with Crippen LogP contribution in [0.4, 0.5) is 4.39 Å². The molecule has 1 aliphatic rings. The average Bonchev–Trinajstić information content (AvgIpc) is 2.84. The molecule has 0 radical (unpaired) electrons. The third-order valence-corrected chi connectivity index (χ3v) is 2.50. The molecule has 3 heteroatoms. The molecule has 0 heterocycles. The van der Waals surface area contributed by atoms with Gasteiger partial charge in [-0.15, -0.1) is 0 Å². The zero-order chi connectivity index (χ0) is 9.47. The van der Waals surface area contributed by atoms with E-state index in [4.69, 9.17) is 10.5 Å². The molecule has 2 nitrogen and oxygen atoms in total. The molecule has 1 aromatic rings. The lowest BCUT2D eigenvalue weighted by Crippen LogP contribution is -2.20. The number of hydrogen-bond acceptors (Lipinski definition) is 2. The molecule has 0 unspecified atom stereocenters. The lowest BCUT2D eigenvalue weighted by atomic mass is 10.1. The van der Waals surface area contributed by atoms with E-state index in [1.54, 1.807) is 12.1 Å². The summed E-state index contributed by atoms with van der Waals surface area (Å²) in [5.41, 5.74) is 6.08. The van der Waals surface area contributed by atoms with Crippen LogP contribution in [0.25, 0.3) is 0 Å². The fourth-order valence-electron chi connectivity index (χ4n) is 1.43. The molecule has 2 rings (SSSR count). The molecule has 70 valence electrons. The van der Waals surface area contributed by atoms with Crippen LogP contribution in [0.1, 0.15) is 18.4 Å². The molecule has 0 aliphatic heterocycles. The SMILES string of the molecule is COc1ccc(C2(N)CC2)c(F)c1. The molecular weight excluding hydrogens is 169 g/mol. The number of rotatable bonds is 2. The van der Waals surface area contributed by atoms with Crippen LogP contribution >= 0.6 is 0 Å². The molecule has 0 aromatic heterocycles. The van der Waals surface area contributed by atoms with E-state index in [2.05, 4.69) is 0 Å². The Morgan fingerprint density at radius 3 is 2.62 bits per heavy atom. The molecule has 0 saturated heterocycles. The molecule has 0 bridgehead atoms. The van der Waals surface area contributed by atoms with Crippen LogP contribution in [-0.2, 0) is 5.54 Å². The van der Waals surface area contributed by atoms with Gasteiger partial charge in [0.15, 0.2) is 0 Å². The van der Waals surface area contributed by atoms with E-state index in [0.29, 0.717) is 11.3 Å². The molecule has 1 aromatic carbocycles. The lowest BCUT2D eigenvalue weighted by molar-refractivity contribution is 0.410. The van der Waals surface area contributed by atoms with Gasteiger partial charge in [0.05, 0.1) is 7.11 Å². The fourth-order valence-corrected chi connectivity index (χ4v) is 1.43. The average molecular weight is 181 g/mol. The van der Waals surface area contributed by atoms with Crippen molar-refractivity contribution in [1.29, 1.82) is 0 Å². The van der Waals surface area contributed by atoms with E-state index in [0.717, 1.165) is 12.8 Å². The van der Waals surface area contributed by atoms with Gasteiger partial charge in [0.25, 0.3) is 0 Å². The highest BCUT2D eigenvalue weighted by atomic mass is 19.1. The summed E-state index contributed by atoms with van der Waals surface area (Å²) in [5.74, 6) is 0.268. The van der Waals surface area contributed by atoms with Gasteiger partial charge >= 0.3 is 0 Å². The van der Waals surface area contributed by atoms with Crippen molar-refractivity contribution in [3.8, 4) is 5.75 Å². The van der Waals surface area contributed by atoms with Crippen LogP contribution < -0.4 is 10.5 Å². The van der Waals surface area contributed by atoms with E-state index < -0.39 is 5.54 Å². The Balaban J connectivity index is 2.38. The van der Waals surface area contributed by atoms with Gasteiger partial charge in [0, 0.05) is 17.2 Å². The number of hydrogen-bond donors (Lipinski definition) is 1. The van der Waals surface area contributed by atoms with Crippen molar-refractivity contribution in [3.63, 3.8) is 0 Å². The molecule has 1 saturated carbocycles. The topological polar surface area (TPSA) is 35.2 Å². The number of nitrogens with two attached hydrogens (primary N) is 1. The monoisotopic (exact) mass is 181 g/mol. The van der Waals surface area contributed by atoms with Crippen LogP contribution in [0.15, 0.2) is 18.2 Å². The summed E-state index contributed by atoms with van der Waals surface area (Å²) in [5, 5.41) is 0. The Morgan fingerprint density at radius 1 is 1.46 bits per heavy atom. The highest BCUT2D eigenvalue weighted by molar-refractivity contribution is 5.36. The van der Waals surface area contributed by atoms with Gasteiger partial charge < -0.3 is 10.5 Å². The van der Waals surface area contributed by atoms with E-state index in [1.807, 2.05) is 0 Å². The molecule has 1 aliphatic carbocycles. The summed E-state index contributed by atoms with van der Waals surface area (Å²) in [4.78, 5) is 0. The maximum atomic E-state index is 13.4. The van der Waals surface area contributed by atoms with Crippen molar-refractivity contribution in [2.45, 2.75) is 18.4 Å². The van der Waals surface area contributed by atoms with Gasteiger partial charge in [0.1, 0.15) is 11.6 Å². The van der Waals surface area contributed by atoms with Crippen molar-refractivity contribution < 1.29 is 9.13 Å². The minimum Gasteiger partial charge on any atom is -0.497 e. The fraction of sp³-hybridized carbons (Fsp3) is 0.400. The quantitative estimate of drug-likeness (QED) is 0.754. The molecule has 2 N–H and O–H groups in total. The van der Waals surface area contributed by atoms with Crippen LogP contribution in [0, 0.1) is 5.82 Å². The third-order valence-electron chi connectivity index (χ3n) is 2.50. The number of ether oxygens (including phenoxy) is 1. The van der Waals surface area contributed by atoms with Crippen molar-refractivity contribution in [2.24, 2.45) is 5.73 Å². The normalized spacial score (nSPS) is 18.4. The summed E-state index contributed by atoms with van der Waals surface area (Å²) in [6.07, 6.45) is 1.74. The highest BCUT2D eigenvalue weighted by Gasteiger charge is 2.41. The second kappa shape index (κ2) is 2.70. The van der Waals surface area contributed by atoms with E-state index in [9.17, 15) is 4.39 Å². The van der Waals surface area contributed by atoms with Gasteiger partial charge in [-0.2, -0.15) is 0 Å². The van der Waals surface area contributed by atoms with Gasteiger partial charge in [-0.05, 0) is 18.9 Å². The van der Waals surface area contributed by atoms with Gasteiger partial charge in [-0.1, -0.05) is 6.07 Å². The zero-order valence-corrected chi connectivity index (χ0v) is 7.51. The number of methoxy groups -OCH3 is 1. The summed E-state index contributed by atoms with van der Waals surface area (Å²) >= 11 is 0. The highest BCUT2D eigenvalue weighted by Crippen LogP contribution is 2.44. The summed E-state index contributed by atoms with van der Waals surface area (Å²) in [6.45, 7) is 0. The molecule has 0 spiro atoms. The molecule has 13 heavy (non-hydrogen) atoms. The minimum absolute atomic E-state index is 0.264. The van der Waals surface area contributed by atoms with Crippen molar-refractivity contribution >= 4 is 0 Å². The predicted molar refractivity (Wildman–Crippen MR) is 48.1 cm³/mol. The Bertz CT molecular complexity index is 334.